The molecule has 168 valence electrons. The summed E-state index contributed by atoms with van der Waals surface area (Å²) in [5.74, 6) is 0.120. The number of nitrogen functional groups attached to an aromatic ring is 1. The van der Waals surface area contributed by atoms with Gasteiger partial charge in [0, 0.05) is 54.2 Å². The van der Waals surface area contributed by atoms with Crippen LogP contribution in [0.15, 0.2) is 51.8 Å². The van der Waals surface area contributed by atoms with Crippen LogP contribution in [0, 0.1) is 11.2 Å². The third kappa shape index (κ3) is 4.61. The van der Waals surface area contributed by atoms with Crippen molar-refractivity contribution in [3.8, 4) is 5.75 Å². The average Bonchev–Trinajstić information content (AvgIpc) is 2.75. The van der Waals surface area contributed by atoms with Crippen LogP contribution < -0.4 is 21.6 Å². The molecule has 2 aromatic rings. The SMILES string of the molecule is CCN=C1C(=C(C)N)C/C(=N/NC)C(=N)c2ccc(F)cc2[C@@H](C)Oc2cc1cnc2N. The first-order valence-electron chi connectivity index (χ1n) is 10.3. The van der Waals surface area contributed by atoms with Gasteiger partial charge in [0.25, 0.3) is 0 Å². The van der Waals surface area contributed by atoms with Crippen LogP contribution in [0.3, 0.4) is 0 Å². The van der Waals surface area contributed by atoms with E-state index in [9.17, 15) is 4.39 Å². The third-order valence-corrected chi connectivity index (χ3v) is 5.14. The Bertz CT molecular complexity index is 1130. The van der Waals surface area contributed by atoms with Gasteiger partial charge in [0.1, 0.15) is 11.9 Å². The van der Waals surface area contributed by atoms with Gasteiger partial charge < -0.3 is 21.6 Å². The predicted molar refractivity (Wildman–Crippen MR) is 126 cm³/mol. The average molecular weight is 438 g/mol. The lowest BCUT2D eigenvalue weighted by molar-refractivity contribution is 0.227. The summed E-state index contributed by atoms with van der Waals surface area (Å²) in [7, 11) is 1.66. The van der Waals surface area contributed by atoms with Gasteiger partial charge in [-0.05, 0) is 45.0 Å². The molecule has 9 heteroatoms. The predicted octanol–water partition coefficient (Wildman–Crippen LogP) is 3.33. The van der Waals surface area contributed by atoms with Crippen molar-refractivity contribution in [3.63, 3.8) is 0 Å². The Morgan fingerprint density at radius 2 is 2.12 bits per heavy atom. The van der Waals surface area contributed by atoms with Gasteiger partial charge in [-0.1, -0.05) is 0 Å². The molecule has 0 saturated carbocycles. The summed E-state index contributed by atoms with van der Waals surface area (Å²) in [5.41, 5.74) is 19.2. The Morgan fingerprint density at radius 3 is 2.78 bits per heavy atom. The number of halogens is 1. The highest BCUT2D eigenvalue weighted by atomic mass is 19.1. The van der Waals surface area contributed by atoms with E-state index in [2.05, 4.69) is 20.5 Å². The van der Waals surface area contributed by atoms with E-state index in [0.29, 0.717) is 51.7 Å². The van der Waals surface area contributed by atoms with Gasteiger partial charge in [-0.2, -0.15) is 5.10 Å². The molecule has 0 fully saturated rings. The van der Waals surface area contributed by atoms with Crippen molar-refractivity contribution in [1.29, 1.82) is 5.41 Å². The second-order valence-electron chi connectivity index (χ2n) is 7.42. The minimum atomic E-state index is -0.603. The van der Waals surface area contributed by atoms with Crippen LogP contribution >= 0.6 is 0 Å². The van der Waals surface area contributed by atoms with Crippen molar-refractivity contribution in [2.24, 2.45) is 15.8 Å². The summed E-state index contributed by atoms with van der Waals surface area (Å²) < 4.78 is 20.3. The molecule has 1 aromatic carbocycles. The molecule has 0 unspecified atom stereocenters. The highest BCUT2D eigenvalue weighted by molar-refractivity contribution is 6.48. The first kappa shape index (κ1) is 22.9. The Balaban J connectivity index is 2.34. The number of anilines is 1. The summed E-state index contributed by atoms with van der Waals surface area (Å²) in [6.45, 7) is 5.99. The summed E-state index contributed by atoms with van der Waals surface area (Å²) in [6.07, 6.45) is 1.25. The Hall–Kier alpha value is -3.75. The molecule has 1 aromatic heterocycles. The third-order valence-electron chi connectivity index (χ3n) is 5.14. The fourth-order valence-electron chi connectivity index (χ4n) is 3.60. The number of hydrazone groups is 1. The molecule has 1 aliphatic rings. The van der Waals surface area contributed by atoms with Crippen LogP contribution in [0.2, 0.25) is 0 Å². The van der Waals surface area contributed by atoms with Crippen LogP contribution in [0.5, 0.6) is 5.75 Å². The van der Waals surface area contributed by atoms with Crippen LogP contribution in [0.25, 0.3) is 0 Å². The van der Waals surface area contributed by atoms with Gasteiger partial charge in [0.15, 0.2) is 11.6 Å². The Labute approximate surface area is 186 Å². The smallest absolute Gasteiger partial charge is 0.166 e. The van der Waals surface area contributed by atoms with E-state index < -0.39 is 11.9 Å². The molecule has 0 saturated heterocycles. The number of nitrogens with one attached hydrogen (secondary N) is 2. The lowest BCUT2D eigenvalue weighted by Crippen LogP contribution is -2.25. The van der Waals surface area contributed by atoms with Crippen LogP contribution in [0.4, 0.5) is 10.2 Å². The molecule has 1 atom stereocenters. The van der Waals surface area contributed by atoms with E-state index in [4.69, 9.17) is 21.6 Å². The van der Waals surface area contributed by atoms with Crippen molar-refractivity contribution < 1.29 is 9.13 Å². The van der Waals surface area contributed by atoms with E-state index in [1.807, 2.05) is 6.92 Å². The van der Waals surface area contributed by atoms with E-state index >= 15 is 0 Å². The summed E-state index contributed by atoms with van der Waals surface area (Å²) in [6, 6.07) is 5.99. The highest BCUT2D eigenvalue weighted by Crippen LogP contribution is 2.31. The van der Waals surface area contributed by atoms with E-state index in [1.54, 1.807) is 39.2 Å². The Morgan fingerprint density at radius 1 is 1.38 bits per heavy atom. The number of allylic oxidation sites excluding steroid dienone is 2. The topological polar surface area (TPSA) is 135 Å². The first-order valence-corrected chi connectivity index (χ1v) is 10.3. The van der Waals surface area contributed by atoms with E-state index in [0.717, 1.165) is 0 Å². The second-order valence-corrected chi connectivity index (χ2v) is 7.42. The number of aromatic nitrogens is 1. The molecule has 0 amide bonds. The number of nitrogens with zero attached hydrogens (tertiary/aromatic N) is 3. The van der Waals surface area contributed by atoms with Crippen molar-refractivity contribution in [1.82, 2.24) is 10.4 Å². The van der Waals surface area contributed by atoms with Gasteiger partial charge in [0.2, 0.25) is 0 Å². The lowest BCUT2D eigenvalue weighted by Gasteiger charge is -2.23. The number of pyridine rings is 1. The normalized spacial score (nSPS) is 20.8. The number of hydrogen-bond acceptors (Lipinski definition) is 8. The van der Waals surface area contributed by atoms with Gasteiger partial charge in [-0.3, -0.25) is 10.4 Å². The molecule has 0 radical (unpaired) electrons. The van der Waals surface area contributed by atoms with Gasteiger partial charge >= 0.3 is 0 Å². The van der Waals surface area contributed by atoms with E-state index in [-0.39, 0.29) is 18.0 Å². The number of rotatable bonds is 2. The zero-order valence-electron chi connectivity index (χ0n) is 18.7. The second kappa shape index (κ2) is 9.59. The standard InChI is InChI=1S/C23H28FN7O/c1-5-29-22-14-8-20(23(27)30-11-14)32-13(3)18-9-15(24)6-7-16(18)21(26)19(31-28-4)10-17(22)12(2)25/h6-9,11,13,26,28H,5,10,25H2,1-4H3,(H2,27,30)/b17-12?,26-21?,29-22?,31-19-/t13-/m1/s1. The minimum Gasteiger partial charge on any atom is -0.482 e. The van der Waals surface area contributed by atoms with E-state index in [1.165, 1.54) is 12.1 Å². The van der Waals surface area contributed by atoms with Crippen molar-refractivity contribution in [2.75, 3.05) is 19.3 Å². The number of fused-ring (bicyclic) bond motifs is 3. The molecule has 8 nitrogen and oxygen atoms in total. The maximum absolute atomic E-state index is 14.2. The molecular formula is C23H28FN7O. The number of benzene rings is 1. The maximum atomic E-state index is 14.2. The largest absolute Gasteiger partial charge is 0.482 e. The molecule has 2 bridgehead atoms. The molecule has 32 heavy (non-hydrogen) atoms. The summed E-state index contributed by atoms with van der Waals surface area (Å²) in [5, 5.41) is 13.2. The lowest BCUT2D eigenvalue weighted by atomic mass is 9.90. The molecule has 1 aliphatic heterocycles. The minimum absolute atomic E-state index is 0.134. The van der Waals surface area contributed by atoms with Crippen molar-refractivity contribution in [3.05, 3.63) is 64.2 Å². The van der Waals surface area contributed by atoms with Gasteiger partial charge in [-0.15, -0.1) is 0 Å². The highest BCUT2D eigenvalue weighted by Gasteiger charge is 2.25. The van der Waals surface area contributed by atoms with Crippen LogP contribution in [0.1, 0.15) is 50.0 Å². The number of ether oxygens (including phenoxy) is 1. The van der Waals surface area contributed by atoms with Crippen molar-refractivity contribution >= 4 is 23.0 Å². The number of nitrogens with two attached hydrogens (primary N) is 2. The fourth-order valence-corrected chi connectivity index (χ4v) is 3.60. The molecular weight excluding hydrogens is 409 g/mol. The number of aliphatic imine (C=N–C) groups is 1. The monoisotopic (exact) mass is 437 g/mol. The fraction of sp³-hybridized carbons (Fsp3) is 0.304. The Kier molecular flexibility index (Phi) is 6.87. The summed E-state index contributed by atoms with van der Waals surface area (Å²) >= 11 is 0. The maximum Gasteiger partial charge on any atom is 0.166 e. The number of hydrogen-bond donors (Lipinski definition) is 4. The molecule has 0 spiro atoms. The molecule has 6 N–H and O–H groups in total. The van der Waals surface area contributed by atoms with Gasteiger partial charge in [0.05, 0.1) is 17.1 Å². The first-order chi connectivity index (χ1) is 15.3. The zero-order valence-corrected chi connectivity index (χ0v) is 18.7. The molecule has 0 aliphatic carbocycles. The zero-order chi connectivity index (χ0) is 23.4. The van der Waals surface area contributed by atoms with Crippen LogP contribution in [-0.2, 0) is 0 Å². The molecule has 2 heterocycles. The summed E-state index contributed by atoms with van der Waals surface area (Å²) in [4.78, 5) is 8.94. The molecule has 3 rings (SSSR count). The van der Waals surface area contributed by atoms with Crippen LogP contribution in [-0.4, -0.2) is 35.7 Å². The van der Waals surface area contributed by atoms with Crippen molar-refractivity contribution in [2.45, 2.75) is 33.3 Å². The van der Waals surface area contributed by atoms with Gasteiger partial charge in [-0.25, -0.2) is 9.37 Å². The quantitative estimate of drug-likeness (QED) is 0.535.